The first-order chi connectivity index (χ1) is 28.7. The van der Waals surface area contributed by atoms with Gasteiger partial charge < -0.3 is 8.98 Å². The Bertz CT molecular complexity index is 3530. The molecule has 0 unspecified atom stereocenters. The summed E-state index contributed by atoms with van der Waals surface area (Å²) >= 11 is 0. The smallest absolute Gasteiger partial charge is 0.164 e. The van der Waals surface area contributed by atoms with Crippen LogP contribution in [0.2, 0.25) is 0 Å². The van der Waals surface area contributed by atoms with Crippen LogP contribution in [0.25, 0.3) is 116 Å². The molecule has 0 saturated carbocycles. The number of para-hydroxylation sites is 2. The van der Waals surface area contributed by atoms with Crippen LogP contribution in [0.1, 0.15) is 0 Å². The summed E-state index contributed by atoms with van der Waals surface area (Å²) in [5.74, 6) is 1.74. The maximum atomic E-state index is 6.29. The van der Waals surface area contributed by atoms with Crippen LogP contribution in [-0.2, 0) is 0 Å². The van der Waals surface area contributed by atoms with Gasteiger partial charge in [0.15, 0.2) is 17.5 Å². The summed E-state index contributed by atoms with van der Waals surface area (Å²) in [4.78, 5) is 20.2. The van der Waals surface area contributed by atoms with Crippen LogP contribution in [0.15, 0.2) is 193 Å². The van der Waals surface area contributed by atoms with Gasteiger partial charge in [-0.05, 0) is 75.8 Å². The molecule has 0 atom stereocenters. The van der Waals surface area contributed by atoms with Gasteiger partial charge in [-0.3, -0.25) is 4.98 Å². The molecule has 4 aromatic heterocycles. The first kappa shape index (κ1) is 32.3. The molecule has 0 aliphatic carbocycles. The van der Waals surface area contributed by atoms with Crippen molar-refractivity contribution in [3.63, 3.8) is 0 Å². The van der Waals surface area contributed by atoms with Crippen LogP contribution in [-0.4, -0.2) is 24.5 Å². The standard InChI is InChI=1S/C52H31N5O/c1-2-11-32(12-3-1)33-21-22-35-30-36(24-23-34(35)29-33)50-54-51(56-52(55-50)42-17-10-20-48-49(42)43-31-53-28-27-47(43)58-48)41-25-26-46(38-14-5-4-13-37(38)41)57-44-18-8-6-15-39(44)40-16-7-9-19-45(40)57/h1-31H. The van der Waals surface area contributed by atoms with Crippen molar-refractivity contribution in [2.45, 2.75) is 0 Å². The number of aromatic nitrogens is 5. The summed E-state index contributed by atoms with van der Waals surface area (Å²) in [6.45, 7) is 0. The summed E-state index contributed by atoms with van der Waals surface area (Å²) in [6.07, 6.45) is 3.60. The highest BCUT2D eigenvalue weighted by molar-refractivity contribution is 6.13. The Morgan fingerprint density at radius 1 is 0.397 bits per heavy atom. The molecule has 8 aromatic carbocycles. The lowest BCUT2D eigenvalue weighted by molar-refractivity contribution is 0.668. The molecular weight excluding hydrogens is 711 g/mol. The third-order valence-corrected chi connectivity index (χ3v) is 11.3. The molecular formula is C52H31N5O. The second-order valence-corrected chi connectivity index (χ2v) is 14.6. The third kappa shape index (κ3) is 5.05. The molecule has 0 saturated heterocycles. The number of rotatable bonds is 5. The lowest BCUT2D eigenvalue weighted by Crippen LogP contribution is -2.02. The normalized spacial score (nSPS) is 11.8. The highest BCUT2D eigenvalue weighted by Crippen LogP contribution is 2.40. The quantitative estimate of drug-likeness (QED) is 0.176. The predicted molar refractivity (Wildman–Crippen MR) is 236 cm³/mol. The minimum absolute atomic E-state index is 0.562. The molecule has 58 heavy (non-hydrogen) atoms. The van der Waals surface area contributed by atoms with Gasteiger partial charge in [-0.15, -0.1) is 0 Å². The van der Waals surface area contributed by atoms with E-state index in [1.54, 1.807) is 6.20 Å². The summed E-state index contributed by atoms with van der Waals surface area (Å²) in [5.41, 5.74) is 9.98. The van der Waals surface area contributed by atoms with E-state index in [0.717, 1.165) is 76.9 Å². The molecule has 4 heterocycles. The van der Waals surface area contributed by atoms with Crippen molar-refractivity contribution < 1.29 is 4.42 Å². The zero-order valence-electron chi connectivity index (χ0n) is 31.0. The molecule has 0 radical (unpaired) electrons. The van der Waals surface area contributed by atoms with Gasteiger partial charge in [0.1, 0.15) is 11.2 Å². The molecule has 270 valence electrons. The van der Waals surface area contributed by atoms with Gasteiger partial charge in [0.25, 0.3) is 0 Å². The molecule has 0 bridgehead atoms. The molecule has 12 aromatic rings. The summed E-state index contributed by atoms with van der Waals surface area (Å²) in [7, 11) is 0. The van der Waals surface area contributed by atoms with Crippen LogP contribution in [0, 0.1) is 0 Å². The molecule has 0 aliphatic heterocycles. The fourth-order valence-electron chi connectivity index (χ4n) is 8.65. The minimum Gasteiger partial charge on any atom is -0.456 e. The van der Waals surface area contributed by atoms with Crippen molar-refractivity contribution in [1.82, 2.24) is 24.5 Å². The van der Waals surface area contributed by atoms with Crippen LogP contribution in [0.4, 0.5) is 0 Å². The maximum Gasteiger partial charge on any atom is 0.164 e. The van der Waals surface area contributed by atoms with Gasteiger partial charge in [0.2, 0.25) is 0 Å². The van der Waals surface area contributed by atoms with E-state index in [2.05, 4.69) is 161 Å². The SMILES string of the molecule is c1ccc(-c2ccc3cc(-c4nc(-c5ccc(-n6c7ccccc7c7ccccc76)c6ccccc56)nc(-c5cccc6oc7ccncc7c56)n4)ccc3c2)cc1. The third-order valence-electron chi connectivity index (χ3n) is 11.3. The number of hydrogen-bond acceptors (Lipinski definition) is 5. The summed E-state index contributed by atoms with van der Waals surface area (Å²) in [6, 6.07) is 61.6. The van der Waals surface area contributed by atoms with Gasteiger partial charge in [0.05, 0.1) is 16.7 Å². The zero-order valence-corrected chi connectivity index (χ0v) is 31.0. The first-order valence-electron chi connectivity index (χ1n) is 19.4. The van der Waals surface area contributed by atoms with E-state index < -0.39 is 0 Å². The second kappa shape index (κ2) is 12.8. The van der Waals surface area contributed by atoms with Gasteiger partial charge in [-0.25, -0.2) is 15.0 Å². The van der Waals surface area contributed by atoms with E-state index in [4.69, 9.17) is 19.4 Å². The fraction of sp³-hybridized carbons (Fsp3) is 0. The van der Waals surface area contributed by atoms with Crippen LogP contribution in [0.3, 0.4) is 0 Å². The first-order valence-corrected chi connectivity index (χ1v) is 19.4. The Morgan fingerprint density at radius 2 is 1.03 bits per heavy atom. The van der Waals surface area contributed by atoms with Crippen LogP contribution >= 0.6 is 0 Å². The molecule has 6 nitrogen and oxygen atoms in total. The van der Waals surface area contributed by atoms with E-state index in [0.29, 0.717) is 17.5 Å². The molecule has 0 fully saturated rings. The van der Waals surface area contributed by atoms with Crippen molar-refractivity contribution in [2.75, 3.05) is 0 Å². The van der Waals surface area contributed by atoms with Gasteiger partial charge in [0, 0.05) is 56.0 Å². The zero-order chi connectivity index (χ0) is 38.2. The number of furan rings is 1. The number of pyridine rings is 1. The minimum atomic E-state index is 0.562. The molecule has 0 aliphatic rings. The number of fused-ring (bicyclic) bond motifs is 8. The second-order valence-electron chi connectivity index (χ2n) is 14.6. The lowest BCUT2D eigenvalue weighted by Gasteiger charge is -2.15. The van der Waals surface area contributed by atoms with E-state index in [9.17, 15) is 0 Å². The average Bonchev–Trinajstić information content (AvgIpc) is 3.84. The van der Waals surface area contributed by atoms with Gasteiger partial charge >= 0.3 is 0 Å². The predicted octanol–water partition coefficient (Wildman–Crippen LogP) is 13.2. The van der Waals surface area contributed by atoms with Crippen molar-refractivity contribution in [3.05, 3.63) is 188 Å². The van der Waals surface area contributed by atoms with Crippen molar-refractivity contribution in [1.29, 1.82) is 0 Å². The van der Waals surface area contributed by atoms with E-state index in [-0.39, 0.29) is 0 Å². The van der Waals surface area contributed by atoms with E-state index in [1.165, 1.54) is 21.9 Å². The van der Waals surface area contributed by atoms with Crippen molar-refractivity contribution in [2.24, 2.45) is 0 Å². The van der Waals surface area contributed by atoms with Crippen LogP contribution < -0.4 is 0 Å². The number of benzene rings is 8. The van der Waals surface area contributed by atoms with Crippen molar-refractivity contribution in [3.8, 4) is 51.0 Å². The number of hydrogen-bond donors (Lipinski definition) is 0. The van der Waals surface area contributed by atoms with Gasteiger partial charge in [-0.1, -0.05) is 127 Å². The van der Waals surface area contributed by atoms with Gasteiger partial charge in [-0.2, -0.15) is 0 Å². The van der Waals surface area contributed by atoms with E-state index >= 15 is 0 Å². The topological polar surface area (TPSA) is 69.6 Å². The fourth-order valence-corrected chi connectivity index (χ4v) is 8.65. The molecule has 0 N–H and O–H groups in total. The highest BCUT2D eigenvalue weighted by atomic mass is 16.3. The largest absolute Gasteiger partial charge is 0.456 e. The maximum absolute atomic E-state index is 6.29. The van der Waals surface area contributed by atoms with E-state index in [1.807, 2.05) is 30.5 Å². The Labute approximate surface area is 332 Å². The molecule has 0 amide bonds. The molecule has 0 spiro atoms. The monoisotopic (exact) mass is 741 g/mol. The molecule has 6 heteroatoms. The number of nitrogens with zero attached hydrogens (tertiary/aromatic N) is 5. The highest BCUT2D eigenvalue weighted by Gasteiger charge is 2.21. The molecule has 12 rings (SSSR count). The van der Waals surface area contributed by atoms with Crippen molar-refractivity contribution >= 4 is 65.3 Å². The Morgan fingerprint density at radius 3 is 1.81 bits per heavy atom. The summed E-state index contributed by atoms with van der Waals surface area (Å²) in [5, 5.41) is 8.69. The Kier molecular flexibility index (Phi) is 7.13. The van der Waals surface area contributed by atoms with Crippen LogP contribution in [0.5, 0.6) is 0 Å². The Balaban J connectivity index is 1.09. The lowest BCUT2D eigenvalue weighted by atomic mass is 9.99. The Hall–Kier alpha value is -7.96. The average molecular weight is 742 g/mol. The summed E-state index contributed by atoms with van der Waals surface area (Å²) < 4.78 is 8.66.